The zero-order valence-electron chi connectivity index (χ0n) is 12.1. The lowest BCUT2D eigenvalue weighted by Gasteiger charge is -2.33. The number of ether oxygens (including phenoxy) is 1. The van der Waals surface area contributed by atoms with E-state index in [4.69, 9.17) is 4.74 Å². The minimum Gasteiger partial charge on any atom is -0.479 e. The average Bonchev–Trinajstić information content (AvgIpc) is 2.42. The molecule has 1 aromatic rings. The number of rotatable bonds is 4. The van der Waals surface area contributed by atoms with E-state index in [0.29, 0.717) is 30.0 Å². The molecule has 4 heteroatoms. The molecule has 20 heavy (non-hydrogen) atoms. The van der Waals surface area contributed by atoms with Gasteiger partial charge in [-0.25, -0.2) is 0 Å². The Hall–Kier alpha value is -2.10. The second-order valence-corrected chi connectivity index (χ2v) is 5.10. The summed E-state index contributed by atoms with van der Waals surface area (Å²) in [4.78, 5) is 25.7. The minimum absolute atomic E-state index is 0.0501. The Labute approximate surface area is 119 Å². The van der Waals surface area contributed by atoms with Gasteiger partial charge in [0.05, 0.1) is 5.69 Å². The van der Waals surface area contributed by atoms with Gasteiger partial charge >= 0.3 is 0 Å². The maximum absolute atomic E-state index is 12.2. The van der Waals surface area contributed by atoms with E-state index >= 15 is 0 Å². The molecule has 0 aliphatic carbocycles. The number of hydrogen-bond donors (Lipinski definition) is 0. The topological polar surface area (TPSA) is 46.6 Å². The largest absolute Gasteiger partial charge is 0.479 e. The van der Waals surface area contributed by atoms with Crippen LogP contribution in [0.15, 0.2) is 30.4 Å². The summed E-state index contributed by atoms with van der Waals surface area (Å²) in [5.41, 5.74) is 2.13. The molecular formula is C16H19NO3. The van der Waals surface area contributed by atoms with Crippen LogP contribution < -0.4 is 9.64 Å². The molecule has 106 valence electrons. The minimum atomic E-state index is -0.519. The monoisotopic (exact) mass is 273 g/mol. The van der Waals surface area contributed by atoms with Crippen LogP contribution >= 0.6 is 0 Å². The molecule has 0 saturated heterocycles. The number of carbonyl (C=O) groups excluding carboxylic acids is 2. The van der Waals surface area contributed by atoms with Crippen molar-refractivity contribution in [3.8, 4) is 5.75 Å². The number of fused-ring (bicyclic) bond motifs is 1. The van der Waals surface area contributed by atoms with Crippen LogP contribution in [0.1, 0.15) is 37.6 Å². The zero-order valence-corrected chi connectivity index (χ0v) is 12.1. The van der Waals surface area contributed by atoms with E-state index in [1.54, 1.807) is 30.0 Å². The van der Waals surface area contributed by atoms with Crippen LogP contribution in [-0.2, 0) is 4.79 Å². The summed E-state index contributed by atoms with van der Waals surface area (Å²) in [6.07, 6.45) is -0.0839. The number of Topliss-reactive ketones (excluding diaryl/α,β-unsaturated/α-hetero) is 1. The van der Waals surface area contributed by atoms with Crippen molar-refractivity contribution in [1.29, 1.82) is 0 Å². The highest BCUT2D eigenvalue weighted by molar-refractivity contribution is 6.03. The summed E-state index contributed by atoms with van der Waals surface area (Å²) in [5.74, 6) is 0.571. The Morgan fingerprint density at radius 1 is 1.45 bits per heavy atom. The predicted molar refractivity (Wildman–Crippen MR) is 78.3 cm³/mol. The van der Waals surface area contributed by atoms with Gasteiger partial charge < -0.3 is 9.64 Å². The molecule has 4 nitrogen and oxygen atoms in total. The highest BCUT2D eigenvalue weighted by Gasteiger charge is 2.31. The highest BCUT2D eigenvalue weighted by Crippen LogP contribution is 2.35. The van der Waals surface area contributed by atoms with Crippen molar-refractivity contribution in [3.63, 3.8) is 0 Å². The average molecular weight is 273 g/mol. The van der Waals surface area contributed by atoms with E-state index in [1.165, 1.54) is 0 Å². The molecule has 1 aliphatic heterocycles. The van der Waals surface area contributed by atoms with Crippen molar-refractivity contribution in [1.82, 2.24) is 0 Å². The summed E-state index contributed by atoms with van der Waals surface area (Å²) >= 11 is 0. The maximum atomic E-state index is 12.2. The van der Waals surface area contributed by atoms with E-state index in [1.807, 2.05) is 13.8 Å². The van der Waals surface area contributed by atoms with E-state index in [9.17, 15) is 9.59 Å². The second-order valence-electron chi connectivity index (χ2n) is 5.10. The fraction of sp³-hybridized carbons (Fsp3) is 0.375. The first-order valence-electron chi connectivity index (χ1n) is 6.73. The van der Waals surface area contributed by atoms with Gasteiger partial charge in [-0.2, -0.15) is 0 Å². The van der Waals surface area contributed by atoms with Gasteiger partial charge in [0.15, 0.2) is 11.9 Å². The van der Waals surface area contributed by atoms with Gasteiger partial charge in [-0.1, -0.05) is 19.1 Å². The van der Waals surface area contributed by atoms with Gasteiger partial charge in [0.2, 0.25) is 0 Å². The number of amides is 1. The third kappa shape index (κ3) is 2.59. The van der Waals surface area contributed by atoms with Crippen molar-refractivity contribution >= 4 is 17.4 Å². The maximum Gasteiger partial charge on any atom is 0.268 e. The summed E-state index contributed by atoms with van der Waals surface area (Å²) in [6.45, 7) is 9.70. The fourth-order valence-electron chi connectivity index (χ4n) is 2.22. The first-order chi connectivity index (χ1) is 9.43. The molecule has 0 aromatic heterocycles. The molecule has 1 unspecified atom stereocenters. The van der Waals surface area contributed by atoms with E-state index in [2.05, 4.69) is 6.58 Å². The standard InChI is InChI=1S/C16H19NO3/c1-5-14(18)12-6-7-15-13(8-12)17(9-10(2)3)16(19)11(4)20-15/h6-8,11H,2,5,9H2,1,3-4H3. The third-order valence-electron chi connectivity index (χ3n) is 3.24. The number of nitrogens with zero attached hydrogens (tertiary/aromatic N) is 1. The van der Waals surface area contributed by atoms with Gasteiger partial charge in [0, 0.05) is 18.5 Å². The van der Waals surface area contributed by atoms with Gasteiger partial charge in [-0.05, 0) is 32.0 Å². The van der Waals surface area contributed by atoms with E-state index in [-0.39, 0.29) is 11.7 Å². The third-order valence-corrected chi connectivity index (χ3v) is 3.24. The van der Waals surface area contributed by atoms with Crippen LogP contribution in [0.3, 0.4) is 0 Å². The lowest BCUT2D eigenvalue weighted by molar-refractivity contribution is -0.125. The molecule has 0 radical (unpaired) electrons. The van der Waals surface area contributed by atoms with Crippen molar-refractivity contribution in [2.24, 2.45) is 0 Å². The molecule has 1 amide bonds. The molecule has 1 heterocycles. The van der Waals surface area contributed by atoms with E-state index in [0.717, 1.165) is 5.57 Å². The van der Waals surface area contributed by atoms with Gasteiger partial charge in [0.25, 0.3) is 5.91 Å². The van der Waals surface area contributed by atoms with Crippen molar-refractivity contribution in [3.05, 3.63) is 35.9 Å². The molecule has 1 aliphatic rings. The van der Waals surface area contributed by atoms with Crippen LogP contribution in [0.2, 0.25) is 0 Å². The molecule has 0 fully saturated rings. The molecule has 1 atom stereocenters. The summed E-state index contributed by atoms with van der Waals surface area (Å²) < 4.78 is 5.59. The highest BCUT2D eigenvalue weighted by atomic mass is 16.5. The Kier molecular flexibility index (Phi) is 3.93. The quantitative estimate of drug-likeness (QED) is 0.626. The number of benzene rings is 1. The van der Waals surface area contributed by atoms with Crippen LogP contribution in [0.4, 0.5) is 5.69 Å². The molecular weight excluding hydrogens is 254 g/mol. The van der Waals surface area contributed by atoms with Gasteiger partial charge in [0.1, 0.15) is 5.75 Å². The van der Waals surface area contributed by atoms with Crippen LogP contribution in [-0.4, -0.2) is 24.3 Å². The van der Waals surface area contributed by atoms with E-state index < -0.39 is 6.10 Å². The Morgan fingerprint density at radius 2 is 2.15 bits per heavy atom. The van der Waals surface area contributed by atoms with Crippen LogP contribution in [0, 0.1) is 0 Å². The molecule has 0 spiro atoms. The number of ketones is 1. The fourth-order valence-corrected chi connectivity index (χ4v) is 2.22. The normalized spacial score (nSPS) is 17.4. The molecule has 1 aromatic carbocycles. The predicted octanol–water partition coefficient (Wildman–Crippen LogP) is 2.97. The molecule has 2 rings (SSSR count). The second kappa shape index (κ2) is 5.49. The SMILES string of the molecule is C=C(C)CN1C(=O)C(C)Oc2ccc(C(=O)CC)cc21. The number of carbonyl (C=O) groups is 2. The molecule has 0 N–H and O–H groups in total. The summed E-state index contributed by atoms with van der Waals surface area (Å²) in [7, 11) is 0. The Bertz CT molecular complexity index is 577. The first-order valence-corrected chi connectivity index (χ1v) is 6.73. The Morgan fingerprint density at radius 3 is 2.75 bits per heavy atom. The molecule has 0 saturated carbocycles. The van der Waals surface area contributed by atoms with Crippen molar-refractivity contribution in [2.45, 2.75) is 33.3 Å². The Balaban J connectivity index is 2.48. The first kappa shape index (κ1) is 14.3. The number of anilines is 1. The summed E-state index contributed by atoms with van der Waals surface area (Å²) in [5, 5.41) is 0. The van der Waals surface area contributed by atoms with Crippen molar-refractivity contribution < 1.29 is 14.3 Å². The lowest BCUT2D eigenvalue weighted by Crippen LogP contribution is -2.45. The van der Waals surface area contributed by atoms with Crippen molar-refractivity contribution in [2.75, 3.05) is 11.4 Å². The van der Waals surface area contributed by atoms with Crippen LogP contribution in [0.25, 0.3) is 0 Å². The zero-order chi connectivity index (χ0) is 14.9. The van der Waals surface area contributed by atoms with Crippen LogP contribution in [0.5, 0.6) is 5.75 Å². The molecule has 0 bridgehead atoms. The van der Waals surface area contributed by atoms with Gasteiger partial charge in [-0.15, -0.1) is 0 Å². The van der Waals surface area contributed by atoms with Gasteiger partial charge in [-0.3, -0.25) is 9.59 Å². The number of hydrogen-bond acceptors (Lipinski definition) is 3. The lowest BCUT2D eigenvalue weighted by atomic mass is 10.1. The summed E-state index contributed by atoms with van der Waals surface area (Å²) in [6, 6.07) is 5.23. The smallest absolute Gasteiger partial charge is 0.268 e.